The van der Waals surface area contributed by atoms with Crippen molar-refractivity contribution in [3.63, 3.8) is 0 Å². The van der Waals surface area contributed by atoms with E-state index in [0.29, 0.717) is 5.56 Å². The van der Waals surface area contributed by atoms with Crippen LogP contribution in [0.4, 0.5) is 9.18 Å². The molecule has 168 valence electrons. The van der Waals surface area contributed by atoms with Crippen LogP contribution >= 0.6 is 0 Å². The van der Waals surface area contributed by atoms with Gasteiger partial charge in [-0.1, -0.05) is 60.7 Å². The van der Waals surface area contributed by atoms with Gasteiger partial charge in [-0.05, 0) is 43.2 Å². The van der Waals surface area contributed by atoms with Crippen LogP contribution in [0.1, 0.15) is 31.9 Å². The molecule has 0 heterocycles. The Morgan fingerprint density at radius 2 is 1.66 bits per heavy atom. The van der Waals surface area contributed by atoms with Crippen molar-refractivity contribution in [1.29, 1.82) is 0 Å². The van der Waals surface area contributed by atoms with Gasteiger partial charge in [0, 0.05) is 25.6 Å². The van der Waals surface area contributed by atoms with Gasteiger partial charge in [-0.3, -0.25) is 4.79 Å². The molecule has 0 fully saturated rings. The number of likely N-dealkylation sites (N-methyl/N-ethyl adjacent to an activating group) is 1. The fourth-order valence-corrected chi connectivity index (χ4v) is 3.48. The lowest BCUT2D eigenvalue weighted by atomic mass is 10.0. The molecule has 3 aromatic rings. The summed E-state index contributed by atoms with van der Waals surface area (Å²) in [5.41, 5.74) is 0.613. The first kappa shape index (κ1) is 23.3. The van der Waals surface area contributed by atoms with Crippen molar-refractivity contribution in [1.82, 2.24) is 10.2 Å². The van der Waals surface area contributed by atoms with E-state index in [1.165, 1.54) is 11.0 Å². The summed E-state index contributed by atoms with van der Waals surface area (Å²) in [7, 11) is 1.60. The van der Waals surface area contributed by atoms with Crippen molar-refractivity contribution in [2.24, 2.45) is 0 Å². The van der Waals surface area contributed by atoms with Gasteiger partial charge in [0.15, 0.2) is 0 Å². The van der Waals surface area contributed by atoms with Gasteiger partial charge in [0.2, 0.25) is 5.91 Å². The fourth-order valence-electron chi connectivity index (χ4n) is 3.48. The van der Waals surface area contributed by atoms with Crippen LogP contribution in [0.5, 0.6) is 0 Å². The van der Waals surface area contributed by atoms with Crippen LogP contribution in [-0.4, -0.2) is 35.6 Å². The van der Waals surface area contributed by atoms with Gasteiger partial charge in [-0.25, -0.2) is 9.18 Å². The van der Waals surface area contributed by atoms with Crippen molar-refractivity contribution >= 4 is 22.8 Å². The molecular formula is C26H29FN2O3. The Balaban J connectivity index is 1.82. The number of rotatable bonds is 6. The standard InChI is InChI=1S/C26H29FN2O3/c1-26(2,3)32-25(31)28-23(16-18-13-14-19-9-5-6-10-20(19)15-18)24(30)29(4)17-21-11-7-8-12-22(21)27/h5-15,23H,16-17H2,1-4H3,(H,28,31). The molecule has 0 aliphatic carbocycles. The Labute approximate surface area is 188 Å². The highest BCUT2D eigenvalue weighted by Crippen LogP contribution is 2.18. The Hall–Kier alpha value is -3.41. The lowest BCUT2D eigenvalue weighted by Crippen LogP contribution is -2.49. The van der Waals surface area contributed by atoms with Crippen molar-refractivity contribution in [3.8, 4) is 0 Å². The van der Waals surface area contributed by atoms with Crippen molar-refractivity contribution < 1.29 is 18.7 Å². The van der Waals surface area contributed by atoms with Crippen molar-refractivity contribution in [3.05, 3.63) is 83.7 Å². The fraction of sp³-hybridized carbons (Fsp3) is 0.308. The molecule has 0 aromatic heterocycles. The number of amides is 2. The summed E-state index contributed by atoms with van der Waals surface area (Å²) >= 11 is 0. The summed E-state index contributed by atoms with van der Waals surface area (Å²) in [5, 5.41) is 4.85. The lowest BCUT2D eigenvalue weighted by Gasteiger charge is -2.27. The van der Waals surface area contributed by atoms with Crippen LogP contribution in [0, 0.1) is 5.82 Å². The van der Waals surface area contributed by atoms with E-state index in [-0.39, 0.29) is 24.7 Å². The highest BCUT2D eigenvalue weighted by molar-refractivity contribution is 5.87. The number of halogens is 1. The molecule has 3 rings (SSSR count). The largest absolute Gasteiger partial charge is 0.444 e. The highest BCUT2D eigenvalue weighted by Gasteiger charge is 2.27. The van der Waals surface area contributed by atoms with Gasteiger partial charge in [0.05, 0.1) is 0 Å². The number of carbonyl (C=O) groups excluding carboxylic acids is 2. The minimum atomic E-state index is -0.859. The summed E-state index contributed by atoms with van der Waals surface area (Å²) in [6.45, 7) is 5.38. The van der Waals surface area contributed by atoms with Gasteiger partial charge < -0.3 is 15.0 Å². The zero-order valence-electron chi connectivity index (χ0n) is 18.9. The third-order valence-corrected chi connectivity index (χ3v) is 4.98. The van der Waals surface area contributed by atoms with Crippen molar-refractivity contribution in [2.45, 2.75) is 45.4 Å². The summed E-state index contributed by atoms with van der Waals surface area (Å²) in [4.78, 5) is 27.1. The molecule has 3 aromatic carbocycles. The molecule has 32 heavy (non-hydrogen) atoms. The number of ether oxygens (including phenoxy) is 1. The van der Waals surface area contributed by atoms with Crippen LogP contribution in [0.15, 0.2) is 66.7 Å². The van der Waals surface area contributed by atoms with E-state index in [2.05, 4.69) is 5.32 Å². The average molecular weight is 437 g/mol. The van der Waals surface area contributed by atoms with Crippen LogP contribution in [0.3, 0.4) is 0 Å². The molecule has 1 atom stereocenters. The molecule has 0 aliphatic rings. The Kier molecular flexibility index (Phi) is 7.13. The predicted octanol–water partition coefficient (Wildman–Crippen LogP) is 5.07. The second-order valence-electron chi connectivity index (χ2n) is 8.87. The number of fused-ring (bicyclic) bond motifs is 1. The average Bonchev–Trinajstić information content (AvgIpc) is 2.73. The molecule has 0 saturated heterocycles. The normalized spacial score (nSPS) is 12.3. The summed E-state index contributed by atoms with van der Waals surface area (Å²) in [5.74, 6) is -0.703. The summed E-state index contributed by atoms with van der Waals surface area (Å²) in [6.07, 6.45) is -0.388. The second-order valence-corrected chi connectivity index (χ2v) is 8.87. The third-order valence-electron chi connectivity index (χ3n) is 4.98. The number of hydrogen-bond donors (Lipinski definition) is 1. The molecular weight excluding hydrogens is 407 g/mol. The summed E-state index contributed by atoms with van der Waals surface area (Å²) in [6, 6.07) is 19.3. The summed E-state index contributed by atoms with van der Waals surface area (Å²) < 4.78 is 19.4. The highest BCUT2D eigenvalue weighted by atomic mass is 19.1. The second kappa shape index (κ2) is 9.81. The van der Waals surface area contributed by atoms with E-state index in [9.17, 15) is 14.0 Å². The number of carbonyl (C=O) groups is 2. The Bertz CT molecular complexity index is 1110. The lowest BCUT2D eigenvalue weighted by molar-refractivity contribution is -0.132. The van der Waals surface area contributed by atoms with Crippen LogP contribution < -0.4 is 5.32 Å². The molecule has 5 nitrogen and oxygen atoms in total. The SMILES string of the molecule is CN(Cc1ccccc1F)C(=O)C(Cc1ccc2ccccc2c1)NC(=O)OC(C)(C)C. The molecule has 1 unspecified atom stereocenters. The van der Waals surface area contributed by atoms with E-state index in [1.807, 2.05) is 42.5 Å². The van der Waals surface area contributed by atoms with E-state index < -0.39 is 17.7 Å². The molecule has 0 aliphatic heterocycles. The molecule has 1 N–H and O–H groups in total. The van der Waals surface area contributed by atoms with Gasteiger partial charge in [0.25, 0.3) is 0 Å². The molecule has 0 saturated carbocycles. The maximum atomic E-state index is 14.1. The smallest absolute Gasteiger partial charge is 0.408 e. The minimum Gasteiger partial charge on any atom is -0.444 e. The first-order valence-electron chi connectivity index (χ1n) is 10.6. The third kappa shape index (κ3) is 6.30. The maximum absolute atomic E-state index is 14.1. The monoisotopic (exact) mass is 436 g/mol. The number of alkyl carbamates (subject to hydrolysis) is 1. The molecule has 0 spiro atoms. The van der Waals surface area contributed by atoms with Crippen LogP contribution in [-0.2, 0) is 22.5 Å². The molecule has 0 radical (unpaired) electrons. The van der Waals surface area contributed by atoms with E-state index in [4.69, 9.17) is 4.74 Å². The van der Waals surface area contributed by atoms with Gasteiger partial charge >= 0.3 is 6.09 Å². The zero-order chi connectivity index (χ0) is 23.3. The Morgan fingerprint density at radius 3 is 2.34 bits per heavy atom. The van der Waals surface area contributed by atoms with E-state index in [1.54, 1.807) is 46.0 Å². The Morgan fingerprint density at radius 1 is 1.00 bits per heavy atom. The van der Waals surface area contributed by atoms with Crippen molar-refractivity contribution in [2.75, 3.05) is 7.05 Å². The molecule has 2 amide bonds. The number of hydrogen-bond acceptors (Lipinski definition) is 3. The topological polar surface area (TPSA) is 58.6 Å². The first-order chi connectivity index (χ1) is 15.1. The number of nitrogens with one attached hydrogen (secondary N) is 1. The van der Waals surface area contributed by atoms with Gasteiger partial charge in [-0.2, -0.15) is 0 Å². The van der Waals surface area contributed by atoms with E-state index in [0.717, 1.165) is 16.3 Å². The van der Waals surface area contributed by atoms with Gasteiger partial charge in [-0.15, -0.1) is 0 Å². The van der Waals surface area contributed by atoms with Gasteiger partial charge in [0.1, 0.15) is 17.5 Å². The number of nitrogens with zero attached hydrogens (tertiary/aromatic N) is 1. The molecule has 6 heteroatoms. The van der Waals surface area contributed by atoms with Crippen LogP contribution in [0.25, 0.3) is 10.8 Å². The van der Waals surface area contributed by atoms with Crippen LogP contribution in [0.2, 0.25) is 0 Å². The zero-order valence-corrected chi connectivity index (χ0v) is 18.9. The quantitative estimate of drug-likeness (QED) is 0.587. The minimum absolute atomic E-state index is 0.0930. The maximum Gasteiger partial charge on any atom is 0.408 e. The number of benzene rings is 3. The van der Waals surface area contributed by atoms with E-state index >= 15 is 0 Å². The first-order valence-corrected chi connectivity index (χ1v) is 10.6. The molecule has 0 bridgehead atoms. The predicted molar refractivity (Wildman–Crippen MR) is 124 cm³/mol.